The lowest BCUT2D eigenvalue weighted by atomic mass is 9.67. The highest BCUT2D eigenvalue weighted by atomic mass is 16.3. The minimum Gasteiger partial charge on any atom is -0.389 e. The topological polar surface area (TPSA) is 37.3 Å². The maximum atomic E-state index is 10.3. The van der Waals surface area contributed by atoms with E-state index in [1.807, 2.05) is 19.1 Å². The fraction of sp³-hybridized carbons (Fsp3) is 0.533. The number of carbonyl (C=O) groups excluding carboxylic acids is 1. The largest absolute Gasteiger partial charge is 0.389 e. The fourth-order valence-electron chi connectivity index (χ4n) is 2.57. The quantitative estimate of drug-likeness (QED) is 0.353. The van der Waals surface area contributed by atoms with Crippen LogP contribution in [-0.4, -0.2) is 17.5 Å². The third-order valence-electron chi connectivity index (χ3n) is 3.41. The molecule has 0 aromatic rings. The zero-order valence-electron chi connectivity index (χ0n) is 11.1. The lowest BCUT2D eigenvalue weighted by Gasteiger charge is -2.38. The zero-order chi connectivity index (χ0) is 13.1. The molecule has 0 aromatic heterocycles. The van der Waals surface area contributed by atoms with E-state index in [-0.39, 0.29) is 11.5 Å². The van der Waals surface area contributed by atoms with Gasteiger partial charge in [-0.3, -0.25) is 4.79 Å². The summed E-state index contributed by atoms with van der Waals surface area (Å²) in [4.78, 5) is 10.3. The number of aliphatic hydroxyl groups is 1. The van der Waals surface area contributed by atoms with Crippen molar-refractivity contribution >= 4 is 6.29 Å². The molecule has 1 aliphatic rings. The number of aldehydes is 1. The molecule has 0 saturated heterocycles. The van der Waals surface area contributed by atoms with Gasteiger partial charge in [-0.1, -0.05) is 37.6 Å². The standard InChI is InChI=1S/C15H22O2/c1-11(7-8-16)5-6-14-12(2)9-13(17)10-15(14,3)4/h5-9,13-14,17H,10H2,1-4H3/b6-5+,11-7+. The summed E-state index contributed by atoms with van der Waals surface area (Å²) < 4.78 is 0. The molecule has 1 rings (SSSR count). The van der Waals surface area contributed by atoms with Gasteiger partial charge in [-0.25, -0.2) is 0 Å². The summed E-state index contributed by atoms with van der Waals surface area (Å²) in [6.45, 7) is 8.30. The molecular formula is C15H22O2. The van der Waals surface area contributed by atoms with Crippen LogP contribution in [0.4, 0.5) is 0 Å². The van der Waals surface area contributed by atoms with Gasteiger partial charge in [0.25, 0.3) is 0 Å². The van der Waals surface area contributed by atoms with Gasteiger partial charge in [0.2, 0.25) is 0 Å². The average Bonchev–Trinajstić information content (AvgIpc) is 2.14. The number of aliphatic hydroxyl groups excluding tert-OH is 1. The van der Waals surface area contributed by atoms with Crippen molar-refractivity contribution in [1.29, 1.82) is 0 Å². The molecule has 0 aliphatic heterocycles. The first kappa shape index (κ1) is 13.9. The fourth-order valence-corrected chi connectivity index (χ4v) is 2.57. The Morgan fingerprint density at radius 1 is 1.53 bits per heavy atom. The first-order chi connectivity index (χ1) is 7.86. The van der Waals surface area contributed by atoms with Gasteiger partial charge in [0.1, 0.15) is 6.29 Å². The average molecular weight is 234 g/mol. The van der Waals surface area contributed by atoms with E-state index in [2.05, 4.69) is 26.8 Å². The molecule has 2 unspecified atom stereocenters. The molecule has 94 valence electrons. The van der Waals surface area contributed by atoms with Gasteiger partial charge in [0.15, 0.2) is 0 Å². The van der Waals surface area contributed by atoms with Crippen LogP contribution in [-0.2, 0) is 4.79 Å². The summed E-state index contributed by atoms with van der Waals surface area (Å²) in [7, 11) is 0. The molecule has 0 radical (unpaired) electrons. The highest BCUT2D eigenvalue weighted by Gasteiger charge is 2.34. The summed E-state index contributed by atoms with van der Waals surface area (Å²) in [5.74, 6) is 0.320. The SMILES string of the molecule is CC1=CC(O)CC(C)(C)C1/C=C/C(C)=C/C=O. The van der Waals surface area contributed by atoms with Crippen molar-refractivity contribution in [2.45, 2.75) is 40.2 Å². The second-order valence-electron chi connectivity index (χ2n) is 5.55. The molecule has 2 nitrogen and oxygen atoms in total. The molecule has 0 fully saturated rings. The molecule has 2 heteroatoms. The van der Waals surface area contributed by atoms with Gasteiger partial charge in [-0.15, -0.1) is 0 Å². The van der Waals surface area contributed by atoms with Crippen LogP contribution in [0, 0.1) is 11.3 Å². The Labute approximate surface area is 104 Å². The second kappa shape index (κ2) is 5.46. The van der Waals surface area contributed by atoms with Crippen LogP contribution in [0.2, 0.25) is 0 Å². The molecule has 0 amide bonds. The molecule has 0 spiro atoms. The third kappa shape index (κ3) is 3.67. The van der Waals surface area contributed by atoms with Gasteiger partial charge >= 0.3 is 0 Å². The lowest BCUT2D eigenvalue weighted by molar-refractivity contribution is -0.104. The van der Waals surface area contributed by atoms with Gasteiger partial charge in [-0.2, -0.15) is 0 Å². The summed E-state index contributed by atoms with van der Waals surface area (Å²) in [5, 5.41) is 9.74. The smallest absolute Gasteiger partial charge is 0.143 e. The van der Waals surface area contributed by atoms with Crippen LogP contribution < -0.4 is 0 Å². The molecule has 1 aliphatic carbocycles. The Morgan fingerprint density at radius 2 is 2.18 bits per heavy atom. The summed E-state index contributed by atoms with van der Waals surface area (Å²) in [5.41, 5.74) is 2.20. The van der Waals surface area contributed by atoms with E-state index >= 15 is 0 Å². The molecular weight excluding hydrogens is 212 g/mol. The molecule has 0 bridgehead atoms. The normalized spacial score (nSPS) is 29.2. The van der Waals surface area contributed by atoms with Crippen LogP contribution in [0.25, 0.3) is 0 Å². The minimum absolute atomic E-state index is 0.0518. The molecule has 1 N–H and O–H groups in total. The number of carbonyl (C=O) groups is 1. The highest BCUT2D eigenvalue weighted by molar-refractivity contribution is 5.66. The van der Waals surface area contributed by atoms with Crippen LogP contribution in [0.5, 0.6) is 0 Å². The van der Waals surface area contributed by atoms with E-state index in [1.54, 1.807) is 6.08 Å². The first-order valence-electron chi connectivity index (χ1n) is 6.03. The maximum absolute atomic E-state index is 10.3. The highest BCUT2D eigenvalue weighted by Crippen LogP contribution is 2.41. The monoisotopic (exact) mass is 234 g/mol. The zero-order valence-corrected chi connectivity index (χ0v) is 11.1. The Morgan fingerprint density at radius 3 is 2.71 bits per heavy atom. The van der Waals surface area contributed by atoms with Gasteiger partial charge in [0.05, 0.1) is 6.10 Å². The third-order valence-corrected chi connectivity index (χ3v) is 3.41. The van der Waals surface area contributed by atoms with Crippen LogP contribution in [0.15, 0.2) is 35.5 Å². The molecule has 0 aromatic carbocycles. The predicted molar refractivity (Wildman–Crippen MR) is 70.6 cm³/mol. The number of allylic oxidation sites excluding steroid dienone is 5. The van der Waals surface area contributed by atoms with Gasteiger partial charge in [0, 0.05) is 5.92 Å². The van der Waals surface area contributed by atoms with E-state index in [0.29, 0.717) is 5.92 Å². The maximum Gasteiger partial charge on any atom is 0.143 e. The van der Waals surface area contributed by atoms with Crippen molar-refractivity contribution in [1.82, 2.24) is 0 Å². The van der Waals surface area contributed by atoms with E-state index in [9.17, 15) is 9.90 Å². The van der Waals surface area contributed by atoms with E-state index in [4.69, 9.17) is 0 Å². The van der Waals surface area contributed by atoms with Crippen molar-refractivity contribution in [3.05, 3.63) is 35.5 Å². The van der Waals surface area contributed by atoms with Crippen molar-refractivity contribution in [3.8, 4) is 0 Å². The second-order valence-corrected chi connectivity index (χ2v) is 5.55. The molecule has 17 heavy (non-hydrogen) atoms. The van der Waals surface area contributed by atoms with Crippen molar-refractivity contribution in [2.75, 3.05) is 0 Å². The number of hydrogen-bond donors (Lipinski definition) is 1. The van der Waals surface area contributed by atoms with Crippen molar-refractivity contribution in [2.24, 2.45) is 11.3 Å². The summed E-state index contributed by atoms with van der Waals surface area (Å²) in [6.07, 6.45) is 8.84. The Balaban J connectivity index is 2.92. The van der Waals surface area contributed by atoms with E-state index in [1.165, 1.54) is 5.57 Å². The molecule has 0 heterocycles. The van der Waals surface area contributed by atoms with Crippen LogP contribution in [0.3, 0.4) is 0 Å². The predicted octanol–water partition coefficient (Wildman–Crippen LogP) is 3.04. The van der Waals surface area contributed by atoms with Crippen LogP contribution in [0.1, 0.15) is 34.1 Å². The number of rotatable bonds is 3. The molecule has 0 saturated carbocycles. The Bertz CT molecular complexity index is 372. The summed E-state index contributed by atoms with van der Waals surface area (Å²) in [6, 6.07) is 0. The van der Waals surface area contributed by atoms with Gasteiger partial charge < -0.3 is 5.11 Å². The van der Waals surface area contributed by atoms with Crippen molar-refractivity contribution < 1.29 is 9.90 Å². The summed E-state index contributed by atoms with van der Waals surface area (Å²) >= 11 is 0. The van der Waals surface area contributed by atoms with Crippen molar-refractivity contribution in [3.63, 3.8) is 0 Å². The van der Waals surface area contributed by atoms with E-state index < -0.39 is 0 Å². The Hall–Kier alpha value is -1.15. The first-order valence-corrected chi connectivity index (χ1v) is 6.03. The van der Waals surface area contributed by atoms with Crippen LogP contribution >= 0.6 is 0 Å². The molecule has 2 atom stereocenters. The number of hydrogen-bond acceptors (Lipinski definition) is 2. The van der Waals surface area contributed by atoms with E-state index in [0.717, 1.165) is 18.3 Å². The van der Waals surface area contributed by atoms with Gasteiger partial charge in [-0.05, 0) is 37.3 Å². The Kier molecular flexibility index (Phi) is 4.47. The lowest BCUT2D eigenvalue weighted by Crippen LogP contribution is -2.32. The minimum atomic E-state index is -0.332.